The third-order valence-electron chi connectivity index (χ3n) is 4.96. The standard InChI is InChI=1S/C18H23F4N5/c1-17(2,27-8-6-26(3)7-9-27)11-23-15-13-10-12(19)4-5-14(13)24-16(25-15)18(20,21)22/h4-5,10H,6-9,11H2,1-3H3,(H,23,24,25). The number of alkyl halides is 3. The van der Waals surface area contributed by atoms with E-state index in [-0.39, 0.29) is 22.3 Å². The van der Waals surface area contributed by atoms with E-state index in [1.165, 1.54) is 6.07 Å². The van der Waals surface area contributed by atoms with E-state index in [0.717, 1.165) is 38.3 Å². The van der Waals surface area contributed by atoms with Crippen LogP contribution >= 0.6 is 0 Å². The van der Waals surface area contributed by atoms with Crippen LogP contribution in [0.2, 0.25) is 0 Å². The van der Waals surface area contributed by atoms with Crippen LogP contribution in [0.5, 0.6) is 0 Å². The van der Waals surface area contributed by atoms with E-state index in [2.05, 4.69) is 32.1 Å². The second kappa shape index (κ2) is 7.20. The predicted octanol–water partition coefficient (Wildman–Crippen LogP) is 3.23. The van der Waals surface area contributed by atoms with Crippen LogP contribution in [0, 0.1) is 5.82 Å². The van der Waals surface area contributed by atoms with Gasteiger partial charge in [0.15, 0.2) is 0 Å². The van der Waals surface area contributed by atoms with E-state index in [0.29, 0.717) is 6.54 Å². The maximum absolute atomic E-state index is 13.6. The summed E-state index contributed by atoms with van der Waals surface area (Å²) in [4.78, 5) is 11.7. The average Bonchev–Trinajstić information content (AvgIpc) is 2.59. The fraction of sp³-hybridized carbons (Fsp3) is 0.556. The molecule has 1 aromatic heterocycles. The van der Waals surface area contributed by atoms with Gasteiger partial charge in [-0.2, -0.15) is 13.2 Å². The van der Waals surface area contributed by atoms with Gasteiger partial charge in [-0.1, -0.05) is 0 Å². The lowest BCUT2D eigenvalue weighted by atomic mass is 10.0. The van der Waals surface area contributed by atoms with Gasteiger partial charge in [-0.3, -0.25) is 4.90 Å². The first-order valence-electron chi connectivity index (χ1n) is 8.78. The quantitative estimate of drug-likeness (QED) is 0.819. The summed E-state index contributed by atoms with van der Waals surface area (Å²) in [5, 5.41) is 3.24. The number of nitrogens with one attached hydrogen (secondary N) is 1. The number of halogens is 4. The Hall–Kier alpha value is -2.00. The van der Waals surface area contributed by atoms with E-state index in [1.807, 2.05) is 13.8 Å². The van der Waals surface area contributed by atoms with Gasteiger partial charge in [0, 0.05) is 43.6 Å². The molecule has 1 N–H and O–H groups in total. The smallest absolute Gasteiger partial charge is 0.368 e. The normalized spacial score (nSPS) is 17.4. The summed E-state index contributed by atoms with van der Waals surface area (Å²) in [5.41, 5.74) is -0.247. The Kier molecular flexibility index (Phi) is 5.27. The number of fused-ring (bicyclic) bond motifs is 1. The first kappa shape index (κ1) is 19.8. The first-order chi connectivity index (χ1) is 12.6. The number of likely N-dealkylation sites (N-methyl/N-ethyl adjacent to an activating group) is 1. The monoisotopic (exact) mass is 385 g/mol. The molecule has 5 nitrogen and oxygen atoms in total. The second-order valence-electron chi connectivity index (χ2n) is 7.51. The van der Waals surface area contributed by atoms with Crippen LogP contribution in [0.25, 0.3) is 10.9 Å². The number of nitrogens with zero attached hydrogens (tertiary/aromatic N) is 4. The zero-order chi connectivity index (χ0) is 19.8. The van der Waals surface area contributed by atoms with Gasteiger partial charge in [-0.25, -0.2) is 14.4 Å². The SMILES string of the molecule is CN1CCN(C(C)(C)CNc2nc(C(F)(F)F)nc3ccc(F)cc23)CC1. The molecule has 0 unspecified atom stereocenters. The molecule has 0 aliphatic carbocycles. The molecule has 2 heterocycles. The minimum atomic E-state index is -4.67. The average molecular weight is 385 g/mol. The van der Waals surface area contributed by atoms with Gasteiger partial charge < -0.3 is 10.2 Å². The van der Waals surface area contributed by atoms with Crippen molar-refractivity contribution in [3.8, 4) is 0 Å². The molecule has 1 fully saturated rings. The van der Waals surface area contributed by atoms with Gasteiger partial charge in [0.25, 0.3) is 0 Å². The van der Waals surface area contributed by atoms with Crippen molar-refractivity contribution in [2.24, 2.45) is 0 Å². The highest BCUT2D eigenvalue weighted by atomic mass is 19.4. The Balaban J connectivity index is 1.87. The molecule has 0 radical (unpaired) electrons. The summed E-state index contributed by atoms with van der Waals surface area (Å²) in [6.07, 6.45) is -4.67. The van der Waals surface area contributed by atoms with Crippen LogP contribution in [0.4, 0.5) is 23.4 Å². The number of hydrogen-bond acceptors (Lipinski definition) is 5. The highest BCUT2D eigenvalue weighted by Gasteiger charge is 2.36. The zero-order valence-electron chi connectivity index (χ0n) is 15.6. The Morgan fingerprint density at radius 1 is 1.07 bits per heavy atom. The van der Waals surface area contributed by atoms with Crippen molar-refractivity contribution in [2.75, 3.05) is 45.1 Å². The highest BCUT2D eigenvalue weighted by Crippen LogP contribution is 2.31. The van der Waals surface area contributed by atoms with Crippen molar-refractivity contribution in [3.63, 3.8) is 0 Å². The summed E-state index contributed by atoms with van der Waals surface area (Å²) in [7, 11) is 2.06. The largest absolute Gasteiger partial charge is 0.451 e. The molecule has 0 amide bonds. The van der Waals surface area contributed by atoms with E-state index < -0.39 is 17.8 Å². The fourth-order valence-corrected chi connectivity index (χ4v) is 3.19. The lowest BCUT2D eigenvalue weighted by molar-refractivity contribution is -0.144. The van der Waals surface area contributed by atoms with Gasteiger partial charge >= 0.3 is 6.18 Å². The molecule has 0 atom stereocenters. The van der Waals surface area contributed by atoms with Gasteiger partial charge in [-0.15, -0.1) is 0 Å². The van der Waals surface area contributed by atoms with Crippen molar-refractivity contribution in [2.45, 2.75) is 25.6 Å². The molecule has 0 bridgehead atoms. The van der Waals surface area contributed by atoms with Crippen LogP contribution in [-0.4, -0.2) is 65.1 Å². The molecular formula is C18H23F4N5. The Bertz CT molecular complexity index is 813. The van der Waals surface area contributed by atoms with Crippen LogP contribution in [-0.2, 0) is 6.18 Å². The number of hydrogen-bond donors (Lipinski definition) is 1. The number of rotatable bonds is 4. The fourth-order valence-electron chi connectivity index (χ4n) is 3.19. The number of benzene rings is 1. The van der Waals surface area contributed by atoms with Crippen LogP contribution in [0.15, 0.2) is 18.2 Å². The van der Waals surface area contributed by atoms with Crippen molar-refractivity contribution in [3.05, 3.63) is 29.8 Å². The van der Waals surface area contributed by atoms with Crippen LogP contribution < -0.4 is 5.32 Å². The minimum absolute atomic E-state index is 0.00553. The molecule has 0 saturated carbocycles. The second-order valence-corrected chi connectivity index (χ2v) is 7.51. The third kappa shape index (κ3) is 4.47. The van der Waals surface area contributed by atoms with Crippen molar-refractivity contribution >= 4 is 16.7 Å². The van der Waals surface area contributed by atoms with Gasteiger partial charge in [0.05, 0.1) is 5.52 Å². The van der Waals surface area contributed by atoms with Gasteiger partial charge in [-0.05, 0) is 39.1 Å². The van der Waals surface area contributed by atoms with E-state index in [4.69, 9.17) is 0 Å². The molecule has 3 rings (SSSR count). The van der Waals surface area contributed by atoms with E-state index >= 15 is 0 Å². The Labute approximate surface area is 155 Å². The molecule has 2 aromatic rings. The lowest BCUT2D eigenvalue weighted by Gasteiger charge is -2.43. The molecule has 1 aliphatic rings. The molecule has 9 heteroatoms. The maximum Gasteiger partial charge on any atom is 0.451 e. The summed E-state index contributed by atoms with van der Waals surface area (Å²) in [6.45, 7) is 8.04. The van der Waals surface area contributed by atoms with Crippen molar-refractivity contribution < 1.29 is 17.6 Å². The molecule has 1 saturated heterocycles. The summed E-state index contributed by atoms with van der Waals surface area (Å²) in [5.74, 6) is -1.79. The molecule has 1 aromatic carbocycles. The van der Waals surface area contributed by atoms with Crippen molar-refractivity contribution in [1.29, 1.82) is 0 Å². The first-order valence-corrected chi connectivity index (χ1v) is 8.78. The molecular weight excluding hydrogens is 362 g/mol. The summed E-state index contributed by atoms with van der Waals surface area (Å²) < 4.78 is 53.0. The molecule has 1 aliphatic heterocycles. The van der Waals surface area contributed by atoms with Crippen LogP contribution in [0.3, 0.4) is 0 Å². The van der Waals surface area contributed by atoms with E-state index in [1.54, 1.807) is 0 Å². The summed E-state index contributed by atoms with van der Waals surface area (Å²) in [6, 6.07) is 3.48. The maximum atomic E-state index is 13.6. The van der Waals surface area contributed by atoms with Crippen molar-refractivity contribution in [1.82, 2.24) is 19.8 Å². The third-order valence-corrected chi connectivity index (χ3v) is 4.96. The molecule has 0 spiro atoms. The molecule has 27 heavy (non-hydrogen) atoms. The highest BCUT2D eigenvalue weighted by molar-refractivity contribution is 5.89. The zero-order valence-corrected chi connectivity index (χ0v) is 15.6. The van der Waals surface area contributed by atoms with Gasteiger partial charge in [0.1, 0.15) is 11.6 Å². The predicted molar refractivity (Wildman–Crippen MR) is 96.1 cm³/mol. The summed E-state index contributed by atoms with van der Waals surface area (Å²) >= 11 is 0. The number of aromatic nitrogens is 2. The number of anilines is 1. The van der Waals surface area contributed by atoms with Crippen LogP contribution in [0.1, 0.15) is 19.7 Å². The van der Waals surface area contributed by atoms with Gasteiger partial charge in [0.2, 0.25) is 5.82 Å². The topological polar surface area (TPSA) is 44.3 Å². The number of piperazine rings is 1. The molecule has 148 valence electrons. The Morgan fingerprint density at radius 2 is 1.74 bits per heavy atom. The minimum Gasteiger partial charge on any atom is -0.368 e. The van der Waals surface area contributed by atoms with E-state index in [9.17, 15) is 17.6 Å². The lowest BCUT2D eigenvalue weighted by Crippen LogP contribution is -2.56. The Morgan fingerprint density at radius 3 is 2.37 bits per heavy atom.